The number of rotatable bonds is 3. The SMILES string of the molecule is O=C(Nc1ccc(Cl)cc1)c1c(-c2ccccn2)nc2ncccn12. The largest absolute Gasteiger partial charge is 0.321 e. The van der Waals surface area contributed by atoms with E-state index in [1.54, 1.807) is 59.4 Å². The van der Waals surface area contributed by atoms with Crippen LogP contribution >= 0.6 is 11.6 Å². The van der Waals surface area contributed by atoms with Gasteiger partial charge >= 0.3 is 0 Å². The monoisotopic (exact) mass is 349 g/mol. The summed E-state index contributed by atoms with van der Waals surface area (Å²) >= 11 is 5.89. The first-order chi connectivity index (χ1) is 12.2. The van der Waals surface area contributed by atoms with E-state index in [-0.39, 0.29) is 5.91 Å². The van der Waals surface area contributed by atoms with E-state index in [0.717, 1.165) is 0 Å². The van der Waals surface area contributed by atoms with Crippen molar-refractivity contribution >= 4 is 29.0 Å². The molecule has 1 aromatic carbocycles. The van der Waals surface area contributed by atoms with Crippen LogP contribution in [-0.4, -0.2) is 25.3 Å². The molecular weight excluding hydrogens is 338 g/mol. The summed E-state index contributed by atoms with van der Waals surface area (Å²) in [5, 5.41) is 3.46. The lowest BCUT2D eigenvalue weighted by atomic mass is 10.2. The Morgan fingerprint density at radius 3 is 2.56 bits per heavy atom. The Morgan fingerprint density at radius 2 is 1.80 bits per heavy atom. The second-order valence-electron chi connectivity index (χ2n) is 5.27. The molecule has 0 unspecified atom stereocenters. The highest BCUT2D eigenvalue weighted by Crippen LogP contribution is 2.23. The first-order valence-corrected chi connectivity index (χ1v) is 7.91. The van der Waals surface area contributed by atoms with Gasteiger partial charge in [0.15, 0.2) is 0 Å². The molecule has 6 nitrogen and oxygen atoms in total. The van der Waals surface area contributed by atoms with Gasteiger partial charge in [-0.2, -0.15) is 0 Å². The van der Waals surface area contributed by atoms with E-state index < -0.39 is 0 Å². The van der Waals surface area contributed by atoms with E-state index >= 15 is 0 Å². The number of aromatic nitrogens is 4. The van der Waals surface area contributed by atoms with Gasteiger partial charge in [-0.05, 0) is 42.5 Å². The third-order valence-corrected chi connectivity index (χ3v) is 3.88. The van der Waals surface area contributed by atoms with Crippen LogP contribution in [0.25, 0.3) is 17.2 Å². The Kier molecular flexibility index (Phi) is 3.87. The fourth-order valence-electron chi connectivity index (χ4n) is 2.51. The zero-order valence-electron chi connectivity index (χ0n) is 12.9. The maximum Gasteiger partial charge on any atom is 0.275 e. The molecule has 0 aliphatic rings. The highest BCUT2D eigenvalue weighted by molar-refractivity contribution is 6.30. The van der Waals surface area contributed by atoms with Crippen molar-refractivity contribution in [2.75, 3.05) is 5.32 Å². The summed E-state index contributed by atoms with van der Waals surface area (Å²) in [7, 11) is 0. The number of anilines is 1. The molecule has 1 N–H and O–H groups in total. The van der Waals surface area contributed by atoms with Crippen LogP contribution in [0.15, 0.2) is 67.1 Å². The number of fused-ring (bicyclic) bond motifs is 1. The summed E-state index contributed by atoms with van der Waals surface area (Å²) in [4.78, 5) is 25.9. The lowest BCUT2D eigenvalue weighted by molar-refractivity contribution is 0.102. The Balaban J connectivity index is 1.82. The zero-order chi connectivity index (χ0) is 17.2. The molecule has 7 heteroatoms. The summed E-state index contributed by atoms with van der Waals surface area (Å²) in [6.45, 7) is 0. The fourth-order valence-corrected chi connectivity index (χ4v) is 2.64. The Morgan fingerprint density at radius 1 is 1.00 bits per heavy atom. The van der Waals surface area contributed by atoms with Crippen LogP contribution < -0.4 is 5.32 Å². The minimum Gasteiger partial charge on any atom is -0.321 e. The molecule has 0 bridgehead atoms. The quantitative estimate of drug-likeness (QED) is 0.612. The van der Waals surface area contributed by atoms with E-state index in [1.165, 1.54) is 0 Å². The van der Waals surface area contributed by atoms with Gasteiger partial charge in [0.05, 0.1) is 5.69 Å². The lowest BCUT2D eigenvalue weighted by Gasteiger charge is -2.07. The van der Waals surface area contributed by atoms with Crippen molar-refractivity contribution in [2.45, 2.75) is 0 Å². The molecule has 25 heavy (non-hydrogen) atoms. The average molecular weight is 350 g/mol. The highest BCUT2D eigenvalue weighted by Gasteiger charge is 2.21. The van der Waals surface area contributed by atoms with Crippen LogP contribution in [0.4, 0.5) is 5.69 Å². The third-order valence-electron chi connectivity index (χ3n) is 3.63. The molecule has 0 aliphatic carbocycles. The van der Waals surface area contributed by atoms with Crippen molar-refractivity contribution in [2.24, 2.45) is 0 Å². The molecule has 0 saturated carbocycles. The predicted molar refractivity (Wildman–Crippen MR) is 95.6 cm³/mol. The second kappa shape index (κ2) is 6.33. The fraction of sp³-hybridized carbons (Fsp3) is 0. The number of nitrogens with one attached hydrogen (secondary N) is 1. The molecule has 0 atom stereocenters. The molecule has 3 aromatic heterocycles. The molecule has 1 amide bonds. The van der Waals surface area contributed by atoms with E-state index in [0.29, 0.717) is 33.6 Å². The summed E-state index contributed by atoms with van der Waals surface area (Å²) in [5.41, 5.74) is 2.09. The van der Waals surface area contributed by atoms with Crippen molar-refractivity contribution in [1.29, 1.82) is 0 Å². The number of carbonyl (C=O) groups is 1. The van der Waals surface area contributed by atoms with Crippen LogP contribution in [0.1, 0.15) is 10.5 Å². The summed E-state index contributed by atoms with van der Waals surface area (Å²) in [6, 6.07) is 14.1. The maximum atomic E-state index is 12.9. The van der Waals surface area contributed by atoms with Gasteiger partial charge in [0.2, 0.25) is 5.78 Å². The van der Waals surface area contributed by atoms with Gasteiger partial charge in [0.25, 0.3) is 5.91 Å². The van der Waals surface area contributed by atoms with Gasteiger partial charge in [-0.1, -0.05) is 17.7 Å². The zero-order valence-corrected chi connectivity index (χ0v) is 13.7. The summed E-state index contributed by atoms with van der Waals surface area (Å²) < 4.78 is 1.65. The topological polar surface area (TPSA) is 72.2 Å². The molecule has 0 saturated heterocycles. The Hall–Kier alpha value is -3.25. The van der Waals surface area contributed by atoms with E-state index in [9.17, 15) is 4.79 Å². The van der Waals surface area contributed by atoms with Gasteiger partial charge in [0.1, 0.15) is 11.4 Å². The number of benzene rings is 1. The molecule has 0 aliphatic heterocycles. The van der Waals surface area contributed by atoms with Crippen LogP contribution in [-0.2, 0) is 0 Å². The Bertz CT molecular complexity index is 1040. The number of hydrogen-bond acceptors (Lipinski definition) is 4. The van der Waals surface area contributed by atoms with Crippen LogP contribution in [0.3, 0.4) is 0 Å². The number of nitrogens with zero attached hydrogens (tertiary/aromatic N) is 4. The van der Waals surface area contributed by atoms with Gasteiger partial charge in [-0.15, -0.1) is 0 Å². The molecule has 3 heterocycles. The van der Waals surface area contributed by atoms with Crippen molar-refractivity contribution in [1.82, 2.24) is 19.4 Å². The number of halogens is 1. The van der Waals surface area contributed by atoms with E-state index in [4.69, 9.17) is 11.6 Å². The minimum absolute atomic E-state index is 0.302. The van der Waals surface area contributed by atoms with Crippen molar-refractivity contribution in [3.05, 3.63) is 77.8 Å². The third kappa shape index (κ3) is 2.95. The van der Waals surface area contributed by atoms with Crippen molar-refractivity contribution in [3.8, 4) is 11.4 Å². The number of hydrogen-bond donors (Lipinski definition) is 1. The normalized spacial score (nSPS) is 10.8. The lowest BCUT2D eigenvalue weighted by Crippen LogP contribution is -2.15. The first-order valence-electron chi connectivity index (χ1n) is 7.54. The van der Waals surface area contributed by atoms with E-state index in [2.05, 4.69) is 20.3 Å². The van der Waals surface area contributed by atoms with Gasteiger partial charge < -0.3 is 5.32 Å². The molecule has 122 valence electrons. The average Bonchev–Trinajstić information content (AvgIpc) is 3.04. The summed E-state index contributed by atoms with van der Waals surface area (Å²) in [5.74, 6) is 0.132. The van der Waals surface area contributed by atoms with Crippen molar-refractivity contribution < 1.29 is 4.79 Å². The number of amides is 1. The maximum absolute atomic E-state index is 12.9. The highest BCUT2D eigenvalue weighted by atomic mass is 35.5. The Labute approximate surface area is 148 Å². The first kappa shape index (κ1) is 15.3. The molecule has 4 aromatic rings. The summed E-state index contributed by atoms with van der Waals surface area (Å²) in [6.07, 6.45) is 5.04. The number of carbonyl (C=O) groups excluding carboxylic acids is 1. The van der Waals surface area contributed by atoms with Crippen LogP contribution in [0, 0.1) is 0 Å². The van der Waals surface area contributed by atoms with Crippen LogP contribution in [0.2, 0.25) is 5.02 Å². The van der Waals surface area contributed by atoms with Crippen LogP contribution in [0.5, 0.6) is 0 Å². The molecule has 0 radical (unpaired) electrons. The molecule has 4 rings (SSSR count). The molecule has 0 spiro atoms. The van der Waals surface area contributed by atoms with Crippen molar-refractivity contribution in [3.63, 3.8) is 0 Å². The molecular formula is C18H12ClN5O. The standard InChI is InChI=1S/C18H12ClN5O/c19-12-5-7-13(8-6-12)22-17(25)16-15(14-4-1-2-9-20-14)23-18-21-10-3-11-24(16)18/h1-11H,(H,22,25). The minimum atomic E-state index is -0.302. The number of pyridine rings is 1. The second-order valence-corrected chi connectivity index (χ2v) is 5.71. The van der Waals surface area contributed by atoms with E-state index in [1.807, 2.05) is 12.1 Å². The molecule has 0 fully saturated rings. The van der Waals surface area contributed by atoms with Gasteiger partial charge in [-0.25, -0.2) is 9.97 Å². The predicted octanol–water partition coefficient (Wildman–Crippen LogP) is 3.70. The smallest absolute Gasteiger partial charge is 0.275 e. The number of imidazole rings is 1. The van der Waals surface area contributed by atoms with Gasteiger partial charge in [0, 0.05) is 29.3 Å². The van der Waals surface area contributed by atoms with Gasteiger partial charge in [-0.3, -0.25) is 14.2 Å².